The summed E-state index contributed by atoms with van der Waals surface area (Å²) in [4.78, 5) is 14.7. The molecule has 1 amide bonds. The number of thiophene rings is 1. The van der Waals surface area contributed by atoms with Crippen LogP contribution in [0.2, 0.25) is 8.67 Å². The topological polar surface area (TPSA) is 20.3 Å². The van der Waals surface area contributed by atoms with Crippen molar-refractivity contribution in [3.05, 3.63) is 20.3 Å². The number of piperidine rings is 1. The average molecular weight is 371 g/mol. The van der Waals surface area contributed by atoms with Crippen LogP contribution in [0.4, 0.5) is 0 Å². The van der Waals surface area contributed by atoms with Crippen LogP contribution in [0.5, 0.6) is 0 Å². The Labute approximate surface area is 129 Å². The summed E-state index contributed by atoms with van der Waals surface area (Å²) < 4.78 is 1.03. The van der Waals surface area contributed by atoms with Crippen molar-refractivity contribution in [3.63, 3.8) is 0 Å². The molecule has 18 heavy (non-hydrogen) atoms. The molecule has 0 radical (unpaired) electrons. The molecule has 0 saturated carbocycles. The maximum absolute atomic E-state index is 12.4. The number of carbonyl (C=O) groups excluding carboxylic acids is 1. The molecule has 1 aromatic rings. The van der Waals surface area contributed by atoms with Crippen LogP contribution in [0.1, 0.15) is 30.6 Å². The lowest BCUT2D eigenvalue weighted by Crippen LogP contribution is -2.48. The molecule has 6 heteroatoms. The van der Waals surface area contributed by atoms with Crippen LogP contribution < -0.4 is 0 Å². The van der Waals surface area contributed by atoms with Gasteiger partial charge in [-0.25, -0.2) is 0 Å². The molecular formula is C12H14BrCl2NOS. The minimum Gasteiger partial charge on any atom is -0.338 e. The van der Waals surface area contributed by atoms with Gasteiger partial charge in [-0.15, -0.1) is 11.3 Å². The second kappa shape index (κ2) is 5.31. The minimum atomic E-state index is -0.0179. The molecule has 1 aliphatic rings. The van der Waals surface area contributed by atoms with E-state index in [1.54, 1.807) is 6.07 Å². The molecule has 2 rings (SSSR count). The quantitative estimate of drug-likeness (QED) is 0.656. The third kappa shape index (κ3) is 2.87. The van der Waals surface area contributed by atoms with Gasteiger partial charge in [-0.1, -0.05) is 53.0 Å². The predicted octanol–water partition coefficient (Wildman–Crippen LogP) is 4.69. The Balaban J connectivity index is 2.18. The first kappa shape index (κ1) is 14.6. The molecule has 1 saturated heterocycles. The Kier molecular flexibility index (Phi) is 4.32. The summed E-state index contributed by atoms with van der Waals surface area (Å²) in [6.45, 7) is 5.80. The molecule has 0 bridgehead atoms. The van der Waals surface area contributed by atoms with Crippen LogP contribution in [0, 0.1) is 5.41 Å². The van der Waals surface area contributed by atoms with Gasteiger partial charge in [0.25, 0.3) is 5.91 Å². The standard InChI is InChI=1S/C12H14BrCl2NOS/c1-12(2)6-16(4-3-8(12)13)11(17)7-5-9(14)18-10(7)15/h5,8H,3-4,6H2,1-2H3. The lowest BCUT2D eigenvalue weighted by molar-refractivity contribution is 0.0602. The minimum absolute atomic E-state index is 0.0179. The van der Waals surface area contributed by atoms with Gasteiger partial charge < -0.3 is 4.90 Å². The van der Waals surface area contributed by atoms with Crippen LogP contribution in [0.15, 0.2) is 6.07 Å². The van der Waals surface area contributed by atoms with Gasteiger partial charge in [0.2, 0.25) is 0 Å². The van der Waals surface area contributed by atoms with E-state index in [-0.39, 0.29) is 11.3 Å². The number of amides is 1. The third-order valence-corrected chi connectivity index (χ3v) is 6.46. The number of alkyl halides is 1. The molecular weight excluding hydrogens is 357 g/mol. The molecule has 2 nitrogen and oxygen atoms in total. The van der Waals surface area contributed by atoms with E-state index >= 15 is 0 Å². The number of carbonyl (C=O) groups is 1. The monoisotopic (exact) mass is 369 g/mol. The van der Waals surface area contributed by atoms with Gasteiger partial charge in [0, 0.05) is 17.9 Å². The van der Waals surface area contributed by atoms with Crippen LogP contribution in [0.25, 0.3) is 0 Å². The van der Waals surface area contributed by atoms with Crippen molar-refractivity contribution in [2.45, 2.75) is 25.1 Å². The van der Waals surface area contributed by atoms with Crippen molar-refractivity contribution in [1.29, 1.82) is 0 Å². The van der Waals surface area contributed by atoms with Crippen molar-refractivity contribution >= 4 is 56.4 Å². The van der Waals surface area contributed by atoms with E-state index in [2.05, 4.69) is 29.8 Å². The highest BCUT2D eigenvalue weighted by molar-refractivity contribution is 9.09. The number of rotatable bonds is 1. The van der Waals surface area contributed by atoms with Crippen LogP contribution in [-0.4, -0.2) is 28.7 Å². The van der Waals surface area contributed by atoms with Gasteiger partial charge >= 0.3 is 0 Å². The van der Waals surface area contributed by atoms with E-state index in [0.29, 0.717) is 19.1 Å². The normalized spacial score (nSPS) is 23.2. The molecule has 2 heterocycles. The van der Waals surface area contributed by atoms with E-state index in [1.165, 1.54) is 11.3 Å². The molecule has 1 fully saturated rings. The van der Waals surface area contributed by atoms with E-state index < -0.39 is 0 Å². The summed E-state index contributed by atoms with van der Waals surface area (Å²) >= 11 is 16.8. The Morgan fingerprint density at radius 1 is 1.56 bits per heavy atom. The Bertz CT molecular complexity index is 475. The molecule has 1 aliphatic heterocycles. The first-order valence-corrected chi connectivity index (χ1v) is 8.18. The first-order chi connectivity index (χ1) is 8.31. The summed E-state index contributed by atoms with van der Waals surface area (Å²) in [5.41, 5.74) is 0.593. The average Bonchev–Trinajstić information content (AvgIpc) is 2.60. The SMILES string of the molecule is CC1(C)CN(C(=O)c2cc(Cl)sc2Cl)CCC1Br. The number of nitrogens with zero attached hydrogens (tertiary/aromatic N) is 1. The Morgan fingerprint density at radius 2 is 2.22 bits per heavy atom. The number of likely N-dealkylation sites (tertiary alicyclic amines) is 1. The summed E-state index contributed by atoms with van der Waals surface area (Å²) in [5.74, 6) is -0.0179. The second-order valence-electron chi connectivity index (χ2n) is 5.21. The third-order valence-electron chi connectivity index (χ3n) is 3.27. The summed E-state index contributed by atoms with van der Waals surface area (Å²) in [7, 11) is 0. The number of halogens is 3. The molecule has 0 spiro atoms. The summed E-state index contributed by atoms with van der Waals surface area (Å²) in [5, 5.41) is 0. The van der Waals surface area contributed by atoms with E-state index in [0.717, 1.165) is 19.5 Å². The smallest absolute Gasteiger partial charge is 0.256 e. The van der Waals surface area contributed by atoms with Crippen molar-refractivity contribution in [2.75, 3.05) is 13.1 Å². The maximum Gasteiger partial charge on any atom is 0.256 e. The van der Waals surface area contributed by atoms with Gasteiger partial charge in [0.15, 0.2) is 0 Å². The molecule has 1 aromatic heterocycles. The van der Waals surface area contributed by atoms with Crippen LogP contribution in [-0.2, 0) is 0 Å². The highest BCUT2D eigenvalue weighted by atomic mass is 79.9. The fourth-order valence-corrected chi connectivity index (χ4v) is 3.96. The zero-order chi connectivity index (χ0) is 13.5. The zero-order valence-electron chi connectivity index (χ0n) is 10.2. The van der Waals surface area contributed by atoms with Gasteiger partial charge in [-0.3, -0.25) is 4.79 Å². The van der Waals surface area contributed by atoms with Crippen LogP contribution in [0.3, 0.4) is 0 Å². The largest absolute Gasteiger partial charge is 0.338 e. The molecule has 1 unspecified atom stereocenters. The molecule has 0 aromatic carbocycles. The highest BCUT2D eigenvalue weighted by Gasteiger charge is 2.36. The number of hydrogen-bond acceptors (Lipinski definition) is 2. The van der Waals surface area contributed by atoms with Crippen molar-refractivity contribution < 1.29 is 4.79 Å². The van der Waals surface area contributed by atoms with E-state index in [9.17, 15) is 4.79 Å². The molecule has 0 aliphatic carbocycles. The van der Waals surface area contributed by atoms with Gasteiger partial charge in [-0.05, 0) is 17.9 Å². The highest BCUT2D eigenvalue weighted by Crippen LogP contribution is 2.37. The predicted molar refractivity (Wildman–Crippen MR) is 81.4 cm³/mol. The lowest BCUT2D eigenvalue weighted by atomic mass is 9.84. The van der Waals surface area contributed by atoms with Crippen molar-refractivity contribution in [2.24, 2.45) is 5.41 Å². The zero-order valence-corrected chi connectivity index (χ0v) is 14.1. The van der Waals surface area contributed by atoms with Crippen LogP contribution >= 0.6 is 50.5 Å². The fraction of sp³-hybridized carbons (Fsp3) is 0.583. The fourth-order valence-electron chi connectivity index (χ4n) is 2.16. The van der Waals surface area contributed by atoms with E-state index in [4.69, 9.17) is 23.2 Å². The summed E-state index contributed by atoms with van der Waals surface area (Å²) in [6, 6.07) is 1.66. The maximum atomic E-state index is 12.4. The van der Waals surface area contributed by atoms with Crippen molar-refractivity contribution in [3.8, 4) is 0 Å². The van der Waals surface area contributed by atoms with Gasteiger partial charge in [-0.2, -0.15) is 0 Å². The van der Waals surface area contributed by atoms with Crippen molar-refractivity contribution in [1.82, 2.24) is 4.90 Å². The molecule has 100 valence electrons. The van der Waals surface area contributed by atoms with Gasteiger partial charge in [0.05, 0.1) is 9.90 Å². The Morgan fingerprint density at radius 3 is 2.72 bits per heavy atom. The van der Waals surface area contributed by atoms with E-state index in [1.807, 2.05) is 4.90 Å². The van der Waals surface area contributed by atoms with Gasteiger partial charge in [0.1, 0.15) is 4.34 Å². The molecule has 0 N–H and O–H groups in total. The summed E-state index contributed by atoms with van der Waals surface area (Å²) in [6.07, 6.45) is 0.953. The lowest BCUT2D eigenvalue weighted by Gasteiger charge is -2.41. The number of hydrogen-bond donors (Lipinski definition) is 0. The Hall–Kier alpha value is 0.230. The molecule has 1 atom stereocenters. The first-order valence-electron chi connectivity index (χ1n) is 5.69. The second-order valence-corrected chi connectivity index (χ2v) is 8.60.